The van der Waals surface area contributed by atoms with Crippen molar-refractivity contribution in [2.75, 3.05) is 23.0 Å². The number of imidazole rings is 1. The summed E-state index contributed by atoms with van der Waals surface area (Å²) in [6.45, 7) is 2.52. The number of aliphatic hydroxyl groups is 1. The molecule has 0 fully saturated rings. The Labute approximate surface area is 214 Å². The van der Waals surface area contributed by atoms with Crippen LogP contribution in [0.5, 0.6) is 0 Å². The van der Waals surface area contributed by atoms with Gasteiger partial charge in [-0.3, -0.25) is 9.47 Å². The van der Waals surface area contributed by atoms with Crippen LogP contribution in [0.25, 0.3) is 16.9 Å². The molecule has 3 aromatic heterocycles. The van der Waals surface area contributed by atoms with Gasteiger partial charge in [0.25, 0.3) is 0 Å². The van der Waals surface area contributed by atoms with E-state index in [0.717, 1.165) is 11.3 Å². The molecule has 10 nitrogen and oxygen atoms in total. The predicted octanol–water partition coefficient (Wildman–Crippen LogP) is 4.01. The van der Waals surface area contributed by atoms with Crippen LogP contribution in [0.3, 0.4) is 0 Å². The number of anilines is 4. The molecule has 188 valence electrons. The molecule has 2 aromatic carbocycles. The summed E-state index contributed by atoms with van der Waals surface area (Å²) in [5.74, 6) is 1.59. The van der Waals surface area contributed by atoms with E-state index in [9.17, 15) is 13.5 Å². The van der Waals surface area contributed by atoms with E-state index in [2.05, 4.69) is 15.3 Å². The molecule has 0 aliphatic rings. The van der Waals surface area contributed by atoms with E-state index in [0.29, 0.717) is 41.0 Å². The summed E-state index contributed by atoms with van der Waals surface area (Å²) < 4.78 is 25.6. The number of rotatable bonds is 8. The Morgan fingerprint density at radius 3 is 2.35 bits per heavy atom. The number of benzene rings is 2. The molecule has 0 unspecified atom stereocenters. The van der Waals surface area contributed by atoms with Crippen LogP contribution in [0.4, 0.5) is 23.3 Å². The summed E-state index contributed by atoms with van der Waals surface area (Å²) in [7, 11) is -3.31. The predicted molar refractivity (Wildman–Crippen MR) is 142 cm³/mol. The van der Waals surface area contributed by atoms with E-state index < -0.39 is 9.84 Å². The van der Waals surface area contributed by atoms with Crippen molar-refractivity contribution >= 4 is 44.3 Å². The van der Waals surface area contributed by atoms with Crippen LogP contribution in [0.1, 0.15) is 12.5 Å². The van der Waals surface area contributed by atoms with Gasteiger partial charge in [-0.2, -0.15) is 9.97 Å². The number of sulfone groups is 1. The second kappa shape index (κ2) is 9.96. The third-order valence-corrected chi connectivity index (χ3v) is 6.94. The molecule has 0 radical (unpaired) electrons. The number of hydrogen-bond donors (Lipinski definition) is 2. The zero-order chi connectivity index (χ0) is 26.0. The number of nitrogens with one attached hydrogen (secondary N) is 1. The molecule has 0 atom stereocenters. The lowest BCUT2D eigenvalue weighted by atomic mass is 10.2. The SMILES string of the molecule is CCN(c1ccccn1)c1nc(Nc2ccc(S(C)(=O)=O)cc2)c2ncn(-c3ccc(CO)cc3)c2n1. The van der Waals surface area contributed by atoms with E-state index in [1.807, 2.05) is 58.9 Å². The Morgan fingerprint density at radius 1 is 0.973 bits per heavy atom. The van der Waals surface area contributed by atoms with Gasteiger partial charge in [-0.1, -0.05) is 18.2 Å². The minimum atomic E-state index is -3.31. The molecule has 5 rings (SSSR count). The standard InChI is InChI=1S/C26H25N7O3S/c1-3-32(22-6-4-5-15-27-22)26-30-24(29-19-9-13-21(14-10-19)37(2,35)36)23-25(31-26)33(17-28-23)20-11-7-18(16-34)8-12-20/h4-15,17,34H,3,16H2,1-2H3,(H,29,30,31). The lowest BCUT2D eigenvalue weighted by molar-refractivity contribution is 0.282. The molecular weight excluding hydrogens is 490 g/mol. The first-order chi connectivity index (χ1) is 17.9. The molecule has 11 heteroatoms. The molecule has 0 aliphatic heterocycles. The topological polar surface area (TPSA) is 126 Å². The normalized spacial score (nSPS) is 11.5. The first-order valence-corrected chi connectivity index (χ1v) is 13.5. The smallest absolute Gasteiger partial charge is 0.235 e. The van der Waals surface area contributed by atoms with E-state index in [1.165, 1.54) is 6.26 Å². The number of aromatic nitrogens is 5. The van der Waals surface area contributed by atoms with Gasteiger partial charge in [0.05, 0.1) is 11.5 Å². The van der Waals surface area contributed by atoms with Crippen LogP contribution in [-0.2, 0) is 16.4 Å². The summed E-state index contributed by atoms with van der Waals surface area (Å²) in [5, 5.41) is 12.7. The van der Waals surface area contributed by atoms with Crippen LogP contribution in [0, 0.1) is 0 Å². The van der Waals surface area contributed by atoms with Gasteiger partial charge in [-0.15, -0.1) is 0 Å². The summed E-state index contributed by atoms with van der Waals surface area (Å²) in [4.78, 5) is 20.8. The first-order valence-electron chi connectivity index (χ1n) is 11.6. The van der Waals surface area contributed by atoms with Crippen LogP contribution in [0.2, 0.25) is 0 Å². The van der Waals surface area contributed by atoms with Gasteiger partial charge < -0.3 is 10.4 Å². The van der Waals surface area contributed by atoms with Crippen molar-refractivity contribution in [1.82, 2.24) is 24.5 Å². The van der Waals surface area contributed by atoms with Crippen LogP contribution in [-0.4, -0.2) is 50.8 Å². The number of aliphatic hydroxyl groups excluding tert-OH is 1. The molecule has 0 spiro atoms. The van der Waals surface area contributed by atoms with Crippen molar-refractivity contribution in [3.05, 3.63) is 84.8 Å². The minimum absolute atomic E-state index is 0.0427. The molecule has 0 saturated carbocycles. The van der Waals surface area contributed by atoms with Gasteiger partial charge in [-0.25, -0.2) is 18.4 Å². The van der Waals surface area contributed by atoms with Crippen LogP contribution < -0.4 is 10.2 Å². The molecular formula is C26H25N7O3S. The second-order valence-corrected chi connectivity index (χ2v) is 10.4. The molecule has 3 heterocycles. The molecule has 0 amide bonds. The molecule has 0 aliphatic carbocycles. The van der Waals surface area contributed by atoms with Gasteiger partial charge in [0.2, 0.25) is 5.95 Å². The largest absolute Gasteiger partial charge is 0.392 e. The van der Waals surface area contributed by atoms with Crippen molar-refractivity contribution in [2.45, 2.75) is 18.4 Å². The summed E-state index contributed by atoms with van der Waals surface area (Å²) in [6, 6.07) is 19.6. The van der Waals surface area contributed by atoms with Crippen molar-refractivity contribution < 1.29 is 13.5 Å². The van der Waals surface area contributed by atoms with E-state index in [1.54, 1.807) is 36.8 Å². The average Bonchev–Trinajstić information content (AvgIpc) is 3.34. The van der Waals surface area contributed by atoms with Gasteiger partial charge in [0, 0.05) is 30.4 Å². The first kappa shape index (κ1) is 24.3. The maximum Gasteiger partial charge on any atom is 0.235 e. The Balaban J connectivity index is 1.64. The fourth-order valence-corrected chi connectivity index (χ4v) is 4.52. The third-order valence-electron chi connectivity index (χ3n) is 5.81. The fraction of sp³-hybridized carbons (Fsp3) is 0.154. The van der Waals surface area contributed by atoms with Gasteiger partial charge in [0.15, 0.2) is 26.8 Å². The number of hydrogen-bond acceptors (Lipinski definition) is 9. The lowest BCUT2D eigenvalue weighted by Crippen LogP contribution is -2.20. The maximum atomic E-state index is 11.9. The van der Waals surface area contributed by atoms with Gasteiger partial charge >= 0.3 is 0 Å². The Hall–Kier alpha value is -4.35. The highest BCUT2D eigenvalue weighted by Gasteiger charge is 2.19. The van der Waals surface area contributed by atoms with Crippen LogP contribution in [0.15, 0.2) is 84.1 Å². The summed E-state index contributed by atoms with van der Waals surface area (Å²) >= 11 is 0. The fourth-order valence-electron chi connectivity index (χ4n) is 3.89. The molecule has 5 aromatic rings. The Bertz CT molecular complexity index is 1640. The van der Waals surface area contributed by atoms with Crippen LogP contribution >= 0.6 is 0 Å². The molecule has 0 bridgehead atoms. The maximum absolute atomic E-state index is 11.9. The molecule has 2 N–H and O–H groups in total. The quantitative estimate of drug-likeness (QED) is 0.315. The number of pyridine rings is 1. The highest BCUT2D eigenvalue weighted by molar-refractivity contribution is 7.90. The lowest BCUT2D eigenvalue weighted by Gasteiger charge is -2.20. The number of fused-ring (bicyclic) bond motifs is 1. The zero-order valence-electron chi connectivity index (χ0n) is 20.3. The van der Waals surface area contributed by atoms with Crippen molar-refractivity contribution in [2.24, 2.45) is 0 Å². The highest BCUT2D eigenvalue weighted by Crippen LogP contribution is 2.30. The van der Waals surface area contributed by atoms with E-state index in [4.69, 9.17) is 9.97 Å². The molecule has 0 saturated heterocycles. The molecule has 37 heavy (non-hydrogen) atoms. The zero-order valence-corrected chi connectivity index (χ0v) is 21.1. The Kier molecular flexibility index (Phi) is 6.55. The Morgan fingerprint density at radius 2 is 1.73 bits per heavy atom. The van der Waals surface area contributed by atoms with E-state index >= 15 is 0 Å². The monoisotopic (exact) mass is 515 g/mol. The van der Waals surface area contributed by atoms with Crippen molar-refractivity contribution in [3.8, 4) is 5.69 Å². The average molecular weight is 516 g/mol. The van der Waals surface area contributed by atoms with Crippen molar-refractivity contribution in [1.29, 1.82) is 0 Å². The number of nitrogens with zero attached hydrogens (tertiary/aromatic N) is 6. The highest BCUT2D eigenvalue weighted by atomic mass is 32.2. The van der Waals surface area contributed by atoms with Gasteiger partial charge in [-0.05, 0) is 61.0 Å². The minimum Gasteiger partial charge on any atom is -0.392 e. The van der Waals surface area contributed by atoms with Crippen molar-refractivity contribution in [3.63, 3.8) is 0 Å². The van der Waals surface area contributed by atoms with Gasteiger partial charge in [0.1, 0.15) is 12.1 Å². The third kappa shape index (κ3) is 4.99. The summed E-state index contributed by atoms with van der Waals surface area (Å²) in [5.41, 5.74) is 3.40. The summed E-state index contributed by atoms with van der Waals surface area (Å²) in [6.07, 6.45) is 4.56. The second-order valence-electron chi connectivity index (χ2n) is 8.34. The van der Waals surface area contributed by atoms with E-state index in [-0.39, 0.29) is 11.5 Å².